The molecule has 2 heterocycles. The van der Waals surface area contributed by atoms with Crippen LogP contribution in [0.2, 0.25) is 0 Å². The Hall–Kier alpha value is -2.44. The lowest BCUT2D eigenvalue weighted by Gasteiger charge is -2.19. The predicted molar refractivity (Wildman–Crippen MR) is 86.2 cm³/mol. The normalized spacial score (nSPS) is 10.5. The second-order valence-corrected chi connectivity index (χ2v) is 4.88. The lowest BCUT2D eigenvalue weighted by atomic mass is 10.3. The Bertz CT molecular complexity index is 647. The van der Waals surface area contributed by atoms with E-state index in [1.165, 1.54) is 0 Å². The summed E-state index contributed by atoms with van der Waals surface area (Å²) in [5, 5.41) is 7.00. The maximum atomic E-state index is 12.3. The first kappa shape index (κ1) is 15.9. The summed E-state index contributed by atoms with van der Waals surface area (Å²) in [5.74, 6) is 0.821. The van der Waals surface area contributed by atoms with Crippen molar-refractivity contribution < 1.29 is 4.79 Å². The fraction of sp³-hybridized carbons (Fsp3) is 0.467. The molecule has 0 aliphatic heterocycles. The molecule has 7 nitrogen and oxygen atoms in total. The topological polar surface area (TPSA) is 75.9 Å². The number of nitrogens with one attached hydrogen (secondary N) is 1. The Labute approximate surface area is 130 Å². The smallest absolute Gasteiger partial charge is 0.275 e. The molecule has 1 N–H and O–H groups in total. The molecule has 2 aromatic heterocycles. The summed E-state index contributed by atoms with van der Waals surface area (Å²) in [6, 6.07) is 3.44. The summed E-state index contributed by atoms with van der Waals surface area (Å²) in [6.07, 6.45) is 1.82. The first-order chi connectivity index (χ1) is 10.6. The number of aromatic nitrogens is 4. The van der Waals surface area contributed by atoms with Crippen LogP contribution in [0.1, 0.15) is 37.0 Å². The van der Waals surface area contributed by atoms with Crippen molar-refractivity contribution in [2.75, 3.05) is 23.3 Å². The van der Waals surface area contributed by atoms with Gasteiger partial charge in [0.05, 0.1) is 0 Å². The number of hydrogen-bond donors (Lipinski definition) is 1. The van der Waals surface area contributed by atoms with Gasteiger partial charge in [-0.25, -0.2) is 9.97 Å². The lowest BCUT2D eigenvalue weighted by molar-refractivity contribution is 0.102. The lowest BCUT2D eigenvalue weighted by Crippen LogP contribution is -2.26. The molecule has 2 rings (SSSR count). The second-order valence-electron chi connectivity index (χ2n) is 4.88. The number of carbonyl (C=O) groups is 1. The molecule has 0 saturated carbocycles. The molecule has 0 unspecified atom stereocenters. The largest absolute Gasteiger partial charge is 0.341 e. The van der Waals surface area contributed by atoms with E-state index in [0.29, 0.717) is 17.5 Å². The van der Waals surface area contributed by atoms with Gasteiger partial charge in [0.1, 0.15) is 5.69 Å². The Balaban J connectivity index is 2.21. The molecule has 7 heteroatoms. The number of hydrogen-bond acceptors (Lipinski definition) is 5. The van der Waals surface area contributed by atoms with E-state index < -0.39 is 0 Å². The van der Waals surface area contributed by atoms with Gasteiger partial charge in [-0.05, 0) is 33.8 Å². The number of rotatable bonds is 6. The molecule has 0 aliphatic rings. The Kier molecular flexibility index (Phi) is 5.08. The zero-order valence-corrected chi connectivity index (χ0v) is 13.5. The van der Waals surface area contributed by atoms with Crippen LogP contribution in [-0.4, -0.2) is 38.7 Å². The fourth-order valence-corrected chi connectivity index (χ4v) is 2.10. The van der Waals surface area contributed by atoms with E-state index in [9.17, 15) is 4.79 Å². The number of anilines is 2. The minimum absolute atomic E-state index is 0.278. The Morgan fingerprint density at radius 3 is 2.59 bits per heavy atom. The van der Waals surface area contributed by atoms with Gasteiger partial charge in [-0.1, -0.05) is 0 Å². The van der Waals surface area contributed by atoms with Gasteiger partial charge in [0.15, 0.2) is 5.82 Å². The highest BCUT2D eigenvalue weighted by atomic mass is 16.2. The van der Waals surface area contributed by atoms with Gasteiger partial charge in [0, 0.05) is 37.6 Å². The predicted octanol–water partition coefficient (Wildman–Crippen LogP) is 2.10. The zero-order chi connectivity index (χ0) is 16.1. The van der Waals surface area contributed by atoms with Crippen LogP contribution in [0, 0.1) is 6.92 Å². The molecule has 0 bridgehead atoms. The van der Waals surface area contributed by atoms with E-state index in [1.807, 2.05) is 38.8 Å². The molecule has 2 aromatic rings. The van der Waals surface area contributed by atoms with Crippen molar-refractivity contribution in [2.45, 2.75) is 34.2 Å². The molecule has 118 valence electrons. The van der Waals surface area contributed by atoms with Crippen molar-refractivity contribution in [3.05, 3.63) is 29.7 Å². The molecule has 1 amide bonds. The first-order valence-corrected chi connectivity index (χ1v) is 7.52. The molecule has 22 heavy (non-hydrogen) atoms. The van der Waals surface area contributed by atoms with Crippen LogP contribution in [-0.2, 0) is 6.54 Å². The SMILES string of the molecule is CCN(CC)c1nc(C)cc(C(=O)Nc2ccn(CC)n2)n1. The quantitative estimate of drug-likeness (QED) is 0.884. The van der Waals surface area contributed by atoms with Crippen LogP contribution in [0.3, 0.4) is 0 Å². The summed E-state index contributed by atoms with van der Waals surface area (Å²) in [6.45, 7) is 10.3. The van der Waals surface area contributed by atoms with E-state index in [2.05, 4.69) is 20.4 Å². The van der Waals surface area contributed by atoms with Crippen molar-refractivity contribution in [3.8, 4) is 0 Å². The van der Waals surface area contributed by atoms with E-state index in [4.69, 9.17) is 0 Å². The minimum Gasteiger partial charge on any atom is -0.341 e. The van der Waals surface area contributed by atoms with Gasteiger partial charge in [-0.3, -0.25) is 9.48 Å². The number of amides is 1. The number of aryl methyl sites for hydroxylation is 2. The summed E-state index contributed by atoms with van der Waals surface area (Å²) < 4.78 is 1.75. The third-order valence-electron chi connectivity index (χ3n) is 3.33. The molecule has 0 aromatic carbocycles. The molecule has 0 radical (unpaired) electrons. The number of carbonyl (C=O) groups excluding carboxylic acids is 1. The zero-order valence-electron chi connectivity index (χ0n) is 13.5. The second kappa shape index (κ2) is 7.02. The third-order valence-corrected chi connectivity index (χ3v) is 3.33. The van der Waals surface area contributed by atoms with E-state index in [1.54, 1.807) is 16.8 Å². The summed E-state index contributed by atoms with van der Waals surface area (Å²) in [4.78, 5) is 23.1. The van der Waals surface area contributed by atoms with Crippen molar-refractivity contribution in [3.63, 3.8) is 0 Å². The average Bonchev–Trinajstić information content (AvgIpc) is 2.95. The first-order valence-electron chi connectivity index (χ1n) is 7.52. The highest BCUT2D eigenvalue weighted by Crippen LogP contribution is 2.12. The molecule has 0 saturated heterocycles. The maximum Gasteiger partial charge on any atom is 0.275 e. The Morgan fingerprint density at radius 1 is 1.27 bits per heavy atom. The molecule has 0 fully saturated rings. The minimum atomic E-state index is -0.278. The van der Waals surface area contributed by atoms with E-state index >= 15 is 0 Å². The van der Waals surface area contributed by atoms with Gasteiger partial charge in [-0.2, -0.15) is 5.10 Å². The van der Waals surface area contributed by atoms with Crippen LogP contribution >= 0.6 is 0 Å². The molecule has 0 spiro atoms. The van der Waals surface area contributed by atoms with Gasteiger partial charge in [0.2, 0.25) is 5.95 Å². The van der Waals surface area contributed by atoms with Crippen molar-refractivity contribution in [1.82, 2.24) is 19.7 Å². The third kappa shape index (κ3) is 3.60. The van der Waals surface area contributed by atoms with E-state index in [-0.39, 0.29) is 5.91 Å². The molecule has 0 atom stereocenters. The van der Waals surface area contributed by atoms with Crippen molar-refractivity contribution >= 4 is 17.7 Å². The number of nitrogens with zero attached hydrogens (tertiary/aromatic N) is 5. The van der Waals surface area contributed by atoms with Gasteiger partial charge in [0.25, 0.3) is 5.91 Å². The van der Waals surface area contributed by atoms with Crippen LogP contribution < -0.4 is 10.2 Å². The van der Waals surface area contributed by atoms with Crippen LogP contribution in [0.15, 0.2) is 18.3 Å². The molecular formula is C15H22N6O. The highest BCUT2D eigenvalue weighted by Gasteiger charge is 2.14. The summed E-state index contributed by atoms with van der Waals surface area (Å²) >= 11 is 0. The van der Waals surface area contributed by atoms with Crippen LogP contribution in [0.4, 0.5) is 11.8 Å². The summed E-state index contributed by atoms with van der Waals surface area (Å²) in [5.41, 5.74) is 1.11. The molecular weight excluding hydrogens is 280 g/mol. The van der Waals surface area contributed by atoms with Crippen LogP contribution in [0.5, 0.6) is 0 Å². The van der Waals surface area contributed by atoms with E-state index in [0.717, 1.165) is 25.3 Å². The van der Waals surface area contributed by atoms with Crippen LogP contribution in [0.25, 0.3) is 0 Å². The average molecular weight is 302 g/mol. The summed E-state index contributed by atoms with van der Waals surface area (Å²) in [7, 11) is 0. The monoisotopic (exact) mass is 302 g/mol. The standard InChI is InChI=1S/C15H22N6O/c1-5-20(6-2)15-16-11(4)10-12(17-15)14(22)18-13-8-9-21(7-3)19-13/h8-10H,5-7H2,1-4H3,(H,18,19,22). The Morgan fingerprint density at radius 2 is 2.00 bits per heavy atom. The maximum absolute atomic E-state index is 12.3. The molecule has 0 aliphatic carbocycles. The van der Waals surface area contributed by atoms with Gasteiger partial charge >= 0.3 is 0 Å². The van der Waals surface area contributed by atoms with Gasteiger partial charge in [-0.15, -0.1) is 0 Å². The van der Waals surface area contributed by atoms with Crippen molar-refractivity contribution in [2.24, 2.45) is 0 Å². The van der Waals surface area contributed by atoms with Gasteiger partial charge < -0.3 is 10.2 Å². The van der Waals surface area contributed by atoms with Crippen molar-refractivity contribution in [1.29, 1.82) is 0 Å². The fourth-order valence-electron chi connectivity index (χ4n) is 2.10. The highest BCUT2D eigenvalue weighted by molar-refractivity contribution is 6.02.